The summed E-state index contributed by atoms with van der Waals surface area (Å²) in [4.78, 5) is 1.69. The Morgan fingerprint density at radius 2 is 1.93 bits per heavy atom. The third-order valence-corrected chi connectivity index (χ3v) is 6.82. The fraction of sp³-hybridized carbons (Fsp3) is 0.417. The van der Waals surface area contributed by atoms with Gasteiger partial charge in [-0.3, -0.25) is 0 Å². The minimum absolute atomic E-state index is 0.178. The fourth-order valence-electron chi connectivity index (χ4n) is 5.03. The average molecular weight is 411 g/mol. The van der Waals surface area contributed by atoms with Crippen molar-refractivity contribution in [2.45, 2.75) is 44.9 Å². The van der Waals surface area contributed by atoms with Gasteiger partial charge >= 0.3 is 0 Å². The van der Waals surface area contributed by atoms with E-state index in [9.17, 15) is 0 Å². The first kappa shape index (κ1) is 19.0. The van der Waals surface area contributed by atoms with Gasteiger partial charge in [-0.25, -0.2) is 0 Å². The average Bonchev–Trinajstić information content (AvgIpc) is 3.18. The summed E-state index contributed by atoms with van der Waals surface area (Å²) in [6.45, 7) is 7.96. The Kier molecular flexibility index (Phi) is 4.81. The number of benzene rings is 2. The lowest BCUT2D eigenvalue weighted by Crippen LogP contribution is -3.14. The van der Waals surface area contributed by atoms with E-state index in [1.807, 2.05) is 12.1 Å². The van der Waals surface area contributed by atoms with Crippen LogP contribution in [0, 0.1) is 6.92 Å². The minimum Gasteiger partial charge on any atom is -0.470 e. The lowest BCUT2D eigenvalue weighted by Gasteiger charge is -2.50. The molecule has 0 aromatic heterocycles. The molecule has 1 saturated heterocycles. The molecule has 0 radical (unpaired) electrons. The molecule has 0 saturated carbocycles. The second kappa shape index (κ2) is 7.35. The van der Waals surface area contributed by atoms with Gasteiger partial charge < -0.3 is 15.1 Å². The van der Waals surface area contributed by atoms with Crippen LogP contribution in [0.15, 0.2) is 48.5 Å². The highest BCUT2D eigenvalue weighted by Crippen LogP contribution is 2.47. The van der Waals surface area contributed by atoms with Crippen molar-refractivity contribution in [3.63, 3.8) is 0 Å². The normalized spacial score (nSPS) is 28.3. The zero-order chi connectivity index (χ0) is 20.0. The summed E-state index contributed by atoms with van der Waals surface area (Å²) in [6, 6.07) is 14.8. The summed E-state index contributed by atoms with van der Waals surface area (Å²) in [5.74, 6) is 1.03. The Bertz CT molecular complexity index is 932. The van der Waals surface area contributed by atoms with Crippen molar-refractivity contribution < 1.29 is 9.64 Å². The summed E-state index contributed by atoms with van der Waals surface area (Å²) in [7, 11) is 0. The zero-order valence-corrected chi connectivity index (χ0v) is 17.9. The number of nitrogens with one attached hydrogen (secondary N) is 2. The molecule has 3 aliphatic rings. The maximum atomic E-state index is 6.75. The number of aryl methyl sites for hydroxylation is 1. The van der Waals surface area contributed by atoms with E-state index >= 15 is 0 Å². The third kappa shape index (κ3) is 3.33. The second-order valence-electron chi connectivity index (χ2n) is 8.60. The molecular formula is C24H29ClN3O+. The molecule has 3 heterocycles. The highest BCUT2D eigenvalue weighted by molar-refractivity contribution is 6.30. The van der Waals surface area contributed by atoms with E-state index in [0.717, 1.165) is 48.0 Å². The number of fused-ring (bicyclic) bond motifs is 4. The Morgan fingerprint density at radius 1 is 1.17 bits per heavy atom. The van der Waals surface area contributed by atoms with Crippen molar-refractivity contribution in [3.05, 3.63) is 70.3 Å². The van der Waals surface area contributed by atoms with Gasteiger partial charge in [-0.2, -0.15) is 5.01 Å². The molecule has 5 rings (SSSR count). The molecule has 4 nitrogen and oxygen atoms in total. The molecule has 2 aromatic rings. The Hall–Kier alpha value is -2.01. The molecule has 5 heteroatoms. The molecule has 152 valence electrons. The van der Waals surface area contributed by atoms with Crippen LogP contribution in [0.4, 0.5) is 0 Å². The van der Waals surface area contributed by atoms with Crippen LogP contribution in [0.3, 0.4) is 0 Å². The van der Waals surface area contributed by atoms with E-state index in [1.165, 1.54) is 24.1 Å². The van der Waals surface area contributed by atoms with Crippen molar-refractivity contribution in [2.24, 2.45) is 0 Å². The lowest BCUT2D eigenvalue weighted by molar-refractivity contribution is -0.908. The van der Waals surface area contributed by atoms with E-state index in [-0.39, 0.29) is 11.8 Å². The highest BCUT2D eigenvalue weighted by Gasteiger charge is 2.52. The predicted octanol–water partition coefficient (Wildman–Crippen LogP) is 3.73. The number of likely N-dealkylation sites (tertiary alicyclic amines) is 1. The maximum absolute atomic E-state index is 6.75. The molecule has 3 aliphatic heterocycles. The van der Waals surface area contributed by atoms with Crippen molar-refractivity contribution in [2.75, 3.05) is 19.6 Å². The number of nitrogens with zero attached hydrogens (tertiary/aromatic N) is 1. The van der Waals surface area contributed by atoms with Gasteiger partial charge in [0.05, 0.1) is 44.2 Å². The van der Waals surface area contributed by atoms with E-state index in [4.69, 9.17) is 16.3 Å². The molecule has 1 fully saturated rings. The number of hydrogen-bond donors (Lipinski definition) is 2. The lowest BCUT2D eigenvalue weighted by atomic mass is 9.92. The Balaban J connectivity index is 1.52. The largest absolute Gasteiger partial charge is 0.470 e. The summed E-state index contributed by atoms with van der Waals surface area (Å²) in [6.07, 6.45) is 5.64. The van der Waals surface area contributed by atoms with Crippen molar-refractivity contribution >= 4 is 17.3 Å². The quantitative estimate of drug-likeness (QED) is 0.807. The van der Waals surface area contributed by atoms with E-state index in [1.54, 1.807) is 4.90 Å². The smallest absolute Gasteiger partial charge is 0.191 e. The zero-order valence-electron chi connectivity index (χ0n) is 17.2. The van der Waals surface area contributed by atoms with Crippen LogP contribution in [0.25, 0.3) is 5.70 Å². The van der Waals surface area contributed by atoms with Crippen molar-refractivity contribution in [3.8, 4) is 5.75 Å². The Morgan fingerprint density at radius 3 is 2.66 bits per heavy atom. The van der Waals surface area contributed by atoms with E-state index in [2.05, 4.69) is 60.7 Å². The molecule has 1 atom stereocenters. The van der Waals surface area contributed by atoms with Gasteiger partial charge in [-0.1, -0.05) is 48.4 Å². The molecule has 0 bridgehead atoms. The fourth-order valence-corrected chi connectivity index (χ4v) is 5.16. The number of hydrogen-bond acceptors (Lipinski definition) is 3. The van der Waals surface area contributed by atoms with Crippen LogP contribution in [0.5, 0.6) is 5.75 Å². The van der Waals surface area contributed by atoms with Gasteiger partial charge in [0.2, 0.25) is 0 Å². The monoisotopic (exact) mass is 410 g/mol. The van der Waals surface area contributed by atoms with Crippen LogP contribution in [-0.2, 0) is 0 Å². The first-order valence-corrected chi connectivity index (χ1v) is 11.1. The van der Waals surface area contributed by atoms with Crippen LogP contribution in [0.2, 0.25) is 5.02 Å². The number of halogens is 1. The molecule has 0 aliphatic carbocycles. The van der Waals surface area contributed by atoms with Gasteiger partial charge in [0.25, 0.3) is 0 Å². The molecule has 2 N–H and O–H groups in total. The SMILES string of the molecule is CCC[NH+]1CCC2(CC1)Oc1ccc(C)cc1[C@@H]1C=C(c3ccc(Cl)cc3)NN12. The summed E-state index contributed by atoms with van der Waals surface area (Å²) in [5, 5.41) is 3.14. The number of quaternary nitrogens is 1. The first-order chi connectivity index (χ1) is 14.1. The molecule has 1 spiro atoms. The number of hydrazine groups is 1. The second-order valence-corrected chi connectivity index (χ2v) is 9.04. The topological polar surface area (TPSA) is 28.9 Å². The molecular weight excluding hydrogens is 382 g/mol. The van der Waals surface area contributed by atoms with Crippen molar-refractivity contribution in [1.82, 2.24) is 10.4 Å². The van der Waals surface area contributed by atoms with E-state index < -0.39 is 0 Å². The Labute approximate surface area is 178 Å². The highest BCUT2D eigenvalue weighted by atomic mass is 35.5. The molecule has 29 heavy (non-hydrogen) atoms. The van der Waals surface area contributed by atoms with Gasteiger partial charge in [0.1, 0.15) is 5.75 Å². The number of piperidine rings is 1. The minimum atomic E-state index is -0.297. The van der Waals surface area contributed by atoms with Gasteiger partial charge in [-0.05, 0) is 43.2 Å². The number of ether oxygens (including phenoxy) is 1. The molecule has 2 aromatic carbocycles. The van der Waals surface area contributed by atoms with Gasteiger partial charge in [-0.15, -0.1) is 0 Å². The van der Waals surface area contributed by atoms with Crippen LogP contribution >= 0.6 is 11.6 Å². The summed E-state index contributed by atoms with van der Waals surface area (Å²) >= 11 is 6.11. The summed E-state index contributed by atoms with van der Waals surface area (Å²) < 4.78 is 6.75. The van der Waals surface area contributed by atoms with Gasteiger partial charge in [0.15, 0.2) is 5.72 Å². The van der Waals surface area contributed by atoms with Gasteiger partial charge in [0, 0.05) is 10.6 Å². The van der Waals surface area contributed by atoms with Crippen molar-refractivity contribution in [1.29, 1.82) is 0 Å². The molecule has 0 amide bonds. The van der Waals surface area contributed by atoms with Crippen LogP contribution in [0.1, 0.15) is 48.9 Å². The predicted molar refractivity (Wildman–Crippen MR) is 117 cm³/mol. The standard InChI is InChI=1S/C24H28ClN3O/c1-3-12-27-13-10-24(11-14-27)28-22(20-15-17(2)4-9-23(20)29-24)16-21(26-28)18-5-7-19(25)8-6-18/h4-9,15-16,22,26H,3,10-14H2,1-2H3/p+1/t22-/m0/s1. The van der Waals surface area contributed by atoms with E-state index in [0.29, 0.717) is 0 Å². The summed E-state index contributed by atoms with van der Waals surface area (Å²) in [5.41, 5.74) is 8.21. The molecule has 0 unspecified atom stereocenters. The number of rotatable bonds is 3. The first-order valence-electron chi connectivity index (χ1n) is 10.7. The maximum Gasteiger partial charge on any atom is 0.191 e. The van der Waals surface area contributed by atoms with Crippen LogP contribution < -0.4 is 15.1 Å². The third-order valence-electron chi connectivity index (χ3n) is 6.56. The van der Waals surface area contributed by atoms with Crippen LogP contribution in [-0.4, -0.2) is 30.4 Å².